The van der Waals surface area contributed by atoms with Crippen molar-refractivity contribution in [2.45, 2.75) is 39.5 Å². The number of hydrogen-bond acceptors (Lipinski definition) is 2. The monoisotopic (exact) mass is 337 g/mol. The van der Waals surface area contributed by atoms with Crippen molar-refractivity contribution in [2.24, 2.45) is 0 Å². The maximum Gasteiger partial charge on any atom is 0.124 e. The van der Waals surface area contributed by atoms with Gasteiger partial charge in [-0.25, -0.2) is 0 Å². The van der Waals surface area contributed by atoms with Gasteiger partial charge in [-0.05, 0) is 31.5 Å². The summed E-state index contributed by atoms with van der Waals surface area (Å²) in [7, 11) is 0. The van der Waals surface area contributed by atoms with Crippen LogP contribution in [0.3, 0.4) is 0 Å². The molecular formula is C18H21Cl2NO. The second kappa shape index (κ2) is 8.42. The predicted molar refractivity (Wildman–Crippen MR) is 93.8 cm³/mol. The maximum atomic E-state index is 6.18. The van der Waals surface area contributed by atoms with Gasteiger partial charge in [0.15, 0.2) is 0 Å². The molecule has 0 unspecified atom stereocenters. The van der Waals surface area contributed by atoms with Crippen LogP contribution in [0.2, 0.25) is 10.0 Å². The molecule has 0 aliphatic heterocycles. The highest BCUT2D eigenvalue weighted by atomic mass is 35.5. The Morgan fingerprint density at radius 2 is 1.86 bits per heavy atom. The van der Waals surface area contributed by atoms with Gasteiger partial charge < -0.3 is 10.1 Å². The first kappa shape index (κ1) is 17.1. The van der Waals surface area contributed by atoms with Gasteiger partial charge in [0.1, 0.15) is 12.4 Å². The van der Waals surface area contributed by atoms with Crippen molar-refractivity contribution >= 4 is 23.2 Å². The van der Waals surface area contributed by atoms with E-state index in [1.54, 1.807) is 6.07 Å². The van der Waals surface area contributed by atoms with Crippen molar-refractivity contribution < 1.29 is 4.74 Å². The lowest BCUT2D eigenvalue weighted by Crippen LogP contribution is -2.24. The van der Waals surface area contributed by atoms with E-state index in [4.69, 9.17) is 27.9 Å². The minimum atomic E-state index is 0.427. The van der Waals surface area contributed by atoms with E-state index in [0.717, 1.165) is 29.8 Å². The first-order chi connectivity index (χ1) is 10.6. The van der Waals surface area contributed by atoms with Crippen molar-refractivity contribution in [3.05, 3.63) is 63.6 Å². The summed E-state index contributed by atoms with van der Waals surface area (Å²) < 4.78 is 5.94. The summed E-state index contributed by atoms with van der Waals surface area (Å²) in [6.07, 6.45) is 1.10. The SMILES string of the molecule is CC[C@@H](C)NCc1ccccc1OCc1ccc(Cl)cc1Cl. The standard InChI is InChI=1S/C18H21Cl2NO/c1-3-13(2)21-11-14-6-4-5-7-18(14)22-12-15-8-9-16(19)10-17(15)20/h4-10,13,21H,3,11-12H2,1-2H3/t13-/m1/s1. The Hall–Kier alpha value is -1.22. The topological polar surface area (TPSA) is 21.3 Å². The third-order valence-corrected chi connectivity index (χ3v) is 4.21. The van der Waals surface area contributed by atoms with Crippen LogP contribution in [0.4, 0.5) is 0 Å². The lowest BCUT2D eigenvalue weighted by molar-refractivity contribution is 0.301. The van der Waals surface area contributed by atoms with Crippen molar-refractivity contribution in [2.75, 3.05) is 0 Å². The van der Waals surface area contributed by atoms with Gasteiger partial charge >= 0.3 is 0 Å². The molecule has 0 radical (unpaired) electrons. The molecule has 0 heterocycles. The molecule has 0 amide bonds. The highest BCUT2D eigenvalue weighted by Gasteiger charge is 2.07. The molecule has 0 spiro atoms. The Morgan fingerprint density at radius 1 is 1.09 bits per heavy atom. The summed E-state index contributed by atoms with van der Waals surface area (Å²) in [6.45, 7) is 5.56. The lowest BCUT2D eigenvalue weighted by Gasteiger charge is -2.15. The molecule has 2 nitrogen and oxygen atoms in total. The Kier molecular flexibility index (Phi) is 6.56. The zero-order valence-electron chi connectivity index (χ0n) is 12.9. The molecule has 0 fully saturated rings. The smallest absolute Gasteiger partial charge is 0.124 e. The van der Waals surface area contributed by atoms with Crippen LogP contribution in [0, 0.1) is 0 Å². The van der Waals surface area contributed by atoms with Crippen molar-refractivity contribution in [3.63, 3.8) is 0 Å². The quantitative estimate of drug-likeness (QED) is 0.724. The number of para-hydroxylation sites is 1. The second-order valence-electron chi connectivity index (χ2n) is 5.32. The van der Waals surface area contributed by atoms with E-state index in [1.807, 2.05) is 30.3 Å². The van der Waals surface area contributed by atoms with Crippen molar-refractivity contribution in [3.8, 4) is 5.75 Å². The molecule has 0 aromatic heterocycles. The molecule has 2 aromatic rings. The van der Waals surface area contributed by atoms with Crippen molar-refractivity contribution in [1.29, 1.82) is 0 Å². The Morgan fingerprint density at radius 3 is 2.59 bits per heavy atom. The zero-order valence-corrected chi connectivity index (χ0v) is 14.4. The lowest BCUT2D eigenvalue weighted by atomic mass is 10.1. The number of hydrogen-bond donors (Lipinski definition) is 1. The molecule has 0 saturated carbocycles. The van der Waals surface area contributed by atoms with Gasteiger partial charge in [-0.2, -0.15) is 0 Å². The molecule has 2 rings (SSSR count). The minimum Gasteiger partial charge on any atom is -0.489 e. The van der Waals surface area contributed by atoms with Gasteiger partial charge in [0.25, 0.3) is 0 Å². The van der Waals surface area contributed by atoms with Gasteiger partial charge in [-0.15, -0.1) is 0 Å². The van der Waals surface area contributed by atoms with Gasteiger partial charge in [-0.1, -0.05) is 54.4 Å². The third kappa shape index (κ3) is 4.91. The third-order valence-electron chi connectivity index (χ3n) is 3.62. The van der Waals surface area contributed by atoms with Crippen LogP contribution in [0.25, 0.3) is 0 Å². The second-order valence-corrected chi connectivity index (χ2v) is 6.17. The number of benzene rings is 2. The summed E-state index contributed by atoms with van der Waals surface area (Å²) in [6, 6.07) is 14.0. The Balaban J connectivity index is 2.03. The first-order valence-corrected chi connectivity index (χ1v) is 8.23. The first-order valence-electron chi connectivity index (χ1n) is 7.48. The van der Waals surface area contributed by atoms with E-state index >= 15 is 0 Å². The summed E-state index contributed by atoms with van der Waals surface area (Å²) in [5, 5.41) is 4.74. The molecule has 1 N–H and O–H groups in total. The Labute approximate surface area is 142 Å². The number of ether oxygens (including phenoxy) is 1. The molecule has 1 atom stereocenters. The highest BCUT2D eigenvalue weighted by Crippen LogP contribution is 2.24. The molecule has 0 saturated heterocycles. The van der Waals surface area contributed by atoms with Crippen LogP contribution in [0.15, 0.2) is 42.5 Å². The largest absolute Gasteiger partial charge is 0.489 e. The predicted octanol–water partition coefficient (Wildman–Crippen LogP) is 5.46. The fraction of sp³-hybridized carbons (Fsp3) is 0.333. The van der Waals surface area contributed by atoms with Crippen LogP contribution in [0.1, 0.15) is 31.4 Å². The average Bonchev–Trinajstić information content (AvgIpc) is 2.52. The van der Waals surface area contributed by atoms with E-state index < -0.39 is 0 Å². The van der Waals surface area contributed by atoms with Crippen LogP contribution < -0.4 is 10.1 Å². The summed E-state index contributed by atoms with van der Waals surface area (Å²) in [5.41, 5.74) is 2.07. The van der Waals surface area contributed by atoms with Crippen LogP contribution in [0.5, 0.6) is 5.75 Å². The number of nitrogens with one attached hydrogen (secondary N) is 1. The summed E-state index contributed by atoms with van der Waals surface area (Å²) >= 11 is 12.1. The molecule has 22 heavy (non-hydrogen) atoms. The van der Waals surface area contributed by atoms with Gasteiger partial charge in [0, 0.05) is 33.8 Å². The summed E-state index contributed by atoms with van der Waals surface area (Å²) in [4.78, 5) is 0. The van der Waals surface area contributed by atoms with Crippen LogP contribution in [-0.2, 0) is 13.2 Å². The van der Waals surface area contributed by atoms with Gasteiger partial charge in [-0.3, -0.25) is 0 Å². The fourth-order valence-corrected chi connectivity index (χ4v) is 2.48. The Bertz CT molecular complexity index is 616. The molecule has 0 aliphatic rings. The van der Waals surface area contributed by atoms with E-state index in [0.29, 0.717) is 22.7 Å². The molecule has 0 aliphatic carbocycles. The summed E-state index contributed by atoms with van der Waals surface area (Å²) in [5.74, 6) is 0.879. The van der Waals surface area contributed by atoms with E-state index in [2.05, 4.69) is 25.2 Å². The molecule has 4 heteroatoms. The van der Waals surface area contributed by atoms with E-state index in [9.17, 15) is 0 Å². The van der Waals surface area contributed by atoms with Crippen molar-refractivity contribution in [1.82, 2.24) is 5.32 Å². The molecule has 2 aromatic carbocycles. The van der Waals surface area contributed by atoms with Crippen LogP contribution >= 0.6 is 23.2 Å². The van der Waals surface area contributed by atoms with E-state index in [-0.39, 0.29) is 0 Å². The number of halogens is 2. The van der Waals surface area contributed by atoms with Crippen LogP contribution in [-0.4, -0.2) is 6.04 Å². The molecule has 0 bridgehead atoms. The van der Waals surface area contributed by atoms with E-state index in [1.165, 1.54) is 0 Å². The van der Waals surface area contributed by atoms with Gasteiger partial charge in [0.05, 0.1) is 0 Å². The molecule has 118 valence electrons. The normalized spacial score (nSPS) is 12.2. The number of rotatable bonds is 7. The maximum absolute atomic E-state index is 6.18. The zero-order chi connectivity index (χ0) is 15.9. The average molecular weight is 338 g/mol. The molecular weight excluding hydrogens is 317 g/mol. The fourth-order valence-electron chi connectivity index (χ4n) is 2.01. The highest BCUT2D eigenvalue weighted by molar-refractivity contribution is 6.35. The minimum absolute atomic E-state index is 0.427. The van der Waals surface area contributed by atoms with Gasteiger partial charge in [0.2, 0.25) is 0 Å².